The van der Waals surface area contributed by atoms with E-state index in [0.717, 1.165) is 10.7 Å². The molecular formula is C9H9N3OS. The number of thiazole rings is 1. The fourth-order valence-electron chi connectivity index (χ4n) is 1.21. The Morgan fingerprint density at radius 2 is 2.36 bits per heavy atom. The minimum absolute atomic E-state index is 0.0535. The van der Waals surface area contributed by atoms with Crippen molar-refractivity contribution < 1.29 is 4.79 Å². The van der Waals surface area contributed by atoms with Crippen LogP contribution >= 0.6 is 11.3 Å². The maximum Gasteiger partial charge on any atom is 0.171 e. The molecule has 0 aliphatic rings. The van der Waals surface area contributed by atoms with Crippen molar-refractivity contribution in [2.75, 3.05) is 0 Å². The van der Waals surface area contributed by atoms with Gasteiger partial charge in [0, 0.05) is 19.3 Å². The van der Waals surface area contributed by atoms with E-state index in [2.05, 4.69) is 15.0 Å². The van der Waals surface area contributed by atoms with Crippen LogP contribution < -0.4 is 0 Å². The van der Waals surface area contributed by atoms with Gasteiger partial charge in [-0.15, -0.1) is 11.3 Å². The topological polar surface area (TPSA) is 58.6 Å². The van der Waals surface area contributed by atoms with Gasteiger partial charge in [0.1, 0.15) is 0 Å². The second-order valence-corrected chi connectivity index (χ2v) is 3.93. The zero-order valence-corrected chi connectivity index (χ0v) is 8.68. The van der Waals surface area contributed by atoms with Crippen molar-refractivity contribution in [3.8, 4) is 10.8 Å². The number of aromatic nitrogens is 3. The molecule has 72 valence electrons. The van der Waals surface area contributed by atoms with Crippen LogP contribution in [0, 0.1) is 6.92 Å². The number of H-pyrrole nitrogens is 1. The molecule has 0 bridgehead atoms. The van der Waals surface area contributed by atoms with E-state index >= 15 is 0 Å². The van der Waals surface area contributed by atoms with Crippen LogP contribution in [-0.4, -0.2) is 20.7 Å². The molecule has 5 heteroatoms. The summed E-state index contributed by atoms with van der Waals surface area (Å²) in [5.74, 6) is 0.767. The monoisotopic (exact) mass is 207 g/mol. The summed E-state index contributed by atoms with van der Waals surface area (Å²) in [6.07, 6.45) is 3.40. The number of ketones is 1. The second-order valence-electron chi connectivity index (χ2n) is 2.93. The molecule has 0 saturated heterocycles. The first kappa shape index (κ1) is 9.08. The average Bonchev–Trinajstić information content (AvgIpc) is 2.70. The third-order valence-electron chi connectivity index (χ3n) is 1.82. The van der Waals surface area contributed by atoms with Crippen molar-refractivity contribution in [2.24, 2.45) is 0 Å². The van der Waals surface area contributed by atoms with Gasteiger partial charge in [-0.25, -0.2) is 9.97 Å². The summed E-state index contributed by atoms with van der Waals surface area (Å²) in [6.45, 7) is 3.38. The van der Waals surface area contributed by atoms with E-state index in [1.165, 1.54) is 11.3 Å². The molecule has 0 fully saturated rings. The van der Waals surface area contributed by atoms with Crippen LogP contribution in [0.2, 0.25) is 0 Å². The lowest BCUT2D eigenvalue weighted by atomic mass is 10.3. The van der Waals surface area contributed by atoms with E-state index in [9.17, 15) is 4.79 Å². The number of Topliss-reactive ketones (excluding diaryl/α,β-unsaturated/α-hetero) is 1. The molecule has 1 N–H and O–H groups in total. The van der Waals surface area contributed by atoms with Gasteiger partial charge in [-0.1, -0.05) is 0 Å². The van der Waals surface area contributed by atoms with E-state index in [0.29, 0.717) is 10.7 Å². The Kier molecular flexibility index (Phi) is 2.17. The molecule has 0 radical (unpaired) electrons. The predicted molar refractivity (Wildman–Crippen MR) is 54.4 cm³/mol. The van der Waals surface area contributed by atoms with Gasteiger partial charge in [0.05, 0.1) is 10.6 Å². The van der Waals surface area contributed by atoms with Gasteiger partial charge in [0.2, 0.25) is 0 Å². The molecule has 0 saturated carbocycles. The lowest BCUT2D eigenvalue weighted by molar-refractivity contribution is 0.102. The van der Waals surface area contributed by atoms with Crippen LogP contribution in [-0.2, 0) is 0 Å². The SMILES string of the molecule is CC(=O)c1sc(-c2ncc[nH]2)nc1C. The minimum atomic E-state index is 0.0535. The van der Waals surface area contributed by atoms with Crippen LogP contribution in [0.25, 0.3) is 10.8 Å². The van der Waals surface area contributed by atoms with Crippen molar-refractivity contribution >= 4 is 17.1 Å². The van der Waals surface area contributed by atoms with E-state index in [4.69, 9.17) is 0 Å². The Bertz CT molecular complexity index is 458. The molecule has 4 nitrogen and oxygen atoms in total. The Labute approximate surface area is 85.0 Å². The number of carbonyl (C=O) groups excluding carboxylic acids is 1. The standard InChI is InChI=1S/C9H9N3OS/c1-5-7(6(2)13)14-9(12-5)8-10-3-4-11-8/h3-4H,1-2H3,(H,10,11). The molecule has 2 aromatic heterocycles. The van der Waals surface area contributed by atoms with Crippen molar-refractivity contribution in [1.29, 1.82) is 0 Å². The number of rotatable bonds is 2. The zero-order valence-electron chi connectivity index (χ0n) is 7.87. The minimum Gasteiger partial charge on any atom is -0.343 e. The maximum absolute atomic E-state index is 11.2. The van der Waals surface area contributed by atoms with Gasteiger partial charge in [0.25, 0.3) is 0 Å². The summed E-state index contributed by atoms with van der Waals surface area (Å²) in [5, 5.41) is 0.762. The molecule has 0 atom stereocenters. The van der Waals surface area contributed by atoms with Crippen LogP contribution in [0.1, 0.15) is 22.3 Å². The van der Waals surface area contributed by atoms with Gasteiger partial charge in [0.15, 0.2) is 16.6 Å². The maximum atomic E-state index is 11.2. The van der Waals surface area contributed by atoms with Crippen molar-refractivity contribution in [1.82, 2.24) is 15.0 Å². The molecule has 0 aliphatic carbocycles. The first-order chi connectivity index (χ1) is 6.68. The number of aromatic amines is 1. The van der Waals surface area contributed by atoms with E-state index in [1.807, 2.05) is 6.92 Å². The lowest BCUT2D eigenvalue weighted by Gasteiger charge is -1.85. The van der Waals surface area contributed by atoms with Gasteiger partial charge in [-0.3, -0.25) is 4.79 Å². The summed E-state index contributed by atoms with van der Waals surface area (Å²) >= 11 is 1.37. The number of nitrogens with zero attached hydrogens (tertiary/aromatic N) is 2. The number of imidazole rings is 1. The summed E-state index contributed by atoms with van der Waals surface area (Å²) in [4.78, 5) is 23.2. The summed E-state index contributed by atoms with van der Waals surface area (Å²) < 4.78 is 0. The molecule has 0 amide bonds. The average molecular weight is 207 g/mol. The lowest BCUT2D eigenvalue weighted by Crippen LogP contribution is -1.89. The molecule has 2 heterocycles. The van der Waals surface area contributed by atoms with Crippen LogP contribution in [0.4, 0.5) is 0 Å². The van der Waals surface area contributed by atoms with Crippen LogP contribution in [0.15, 0.2) is 12.4 Å². The van der Waals surface area contributed by atoms with Crippen molar-refractivity contribution in [2.45, 2.75) is 13.8 Å². The molecule has 14 heavy (non-hydrogen) atoms. The molecule has 2 rings (SSSR count). The highest BCUT2D eigenvalue weighted by Gasteiger charge is 2.13. The van der Waals surface area contributed by atoms with Crippen molar-refractivity contribution in [3.63, 3.8) is 0 Å². The number of nitrogens with one attached hydrogen (secondary N) is 1. The second kappa shape index (κ2) is 3.34. The summed E-state index contributed by atoms with van der Waals surface area (Å²) in [6, 6.07) is 0. The van der Waals surface area contributed by atoms with Gasteiger partial charge < -0.3 is 4.98 Å². The largest absolute Gasteiger partial charge is 0.343 e. The van der Waals surface area contributed by atoms with Crippen LogP contribution in [0.3, 0.4) is 0 Å². The normalized spacial score (nSPS) is 10.4. The van der Waals surface area contributed by atoms with Crippen molar-refractivity contribution in [3.05, 3.63) is 23.0 Å². The number of hydrogen-bond donors (Lipinski definition) is 1. The summed E-state index contributed by atoms with van der Waals surface area (Å²) in [7, 11) is 0. The fraction of sp³-hybridized carbons (Fsp3) is 0.222. The third kappa shape index (κ3) is 1.46. The molecule has 0 unspecified atom stereocenters. The quantitative estimate of drug-likeness (QED) is 0.767. The zero-order chi connectivity index (χ0) is 10.1. The van der Waals surface area contributed by atoms with E-state index in [1.54, 1.807) is 19.3 Å². The van der Waals surface area contributed by atoms with E-state index < -0.39 is 0 Å². The van der Waals surface area contributed by atoms with Gasteiger partial charge >= 0.3 is 0 Å². The van der Waals surface area contributed by atoms with E-state index in [-0.39, 0.29) is 5.78 Å². The first-order valence-corrected chi connectivity index (χ1v) is 4.98. The smallest absolute Gasteiger partial charge is 0.171 e. The predicted octanol–water partition coefficient (Wildman–Crippen LogP) is 2.04. The molecule has 0 aliphatic heterocycles. The highest BCUT2D eigenvalue weighted by molar-refractivity contribution is 7.17. The molecular weight excluding hydrogens is 198 g/mol. The molecule has 2 aromatic rings. The van der Waals surface area contributed by atoms with Gasteiger partial charge in [-0.2, -0.15) is 0 Å². The highest BCUT2D eigenvalue weighted by Crippen LogP contribution is 2.25. The third-order valence-corrected chi connectivity index (χ3v) is 3.08. The highest BCUT2D eigenvalue weighted by atomic mass is 32.1. The number of carbonyl (C=O) groups is 1. The Morgan fingerprint density at radius 3 is 2.86 bits per heavy atom. The first-order valence-electron chi connectivity index (χ1n) is 4.16. The Balaban J connectivity index is 2.48. The Hall–Kier alpha value is -1.49. The number of hydrogen-bond acceptors (Lipinski definition) is 4. The molecule has 0 aromatic carbocycles. The Morgan fingerprint density at radius 1 is 1.57 bits per heavy atom. The molecule has 0 spiro atoms. The van der Waals surface area contributed by atoms with Gasteiger partial charge in [-0.05, 0) is 6.92 Å². The fourth-order valence-corrected chi connectivity index (χ4v) is 2.13. The van der Waals surface area contributed by atoms with Crippen LogP contribution in [0.5, 0.6) is 0 Å². The number of aryl methyl sites for hydroxylation is 1. The summed E-state index contributed by atoms with van der Waals surface area (Å²) in [5.41, 5.74) is 0.772.